The number of allylic oxidation sites excluding steroid dienone is 2. The summed E-state index contributed by atoms with van der Waals surface area (Å²) in [5.74, 6) is 0.171. The fraction of sp³-hybridized carbons (Fsp3) is 0.304. The van der Waals surface area contributed by atoms with Crippen LogP contribution in [-0.2, 0) is 0 Å². The number of aliphatic hydroxyl groups is 1. The lowest BCUT2D eigenvalue weighted by molar-refractivity contribution is 0.0793. The zero-order valence-corrected chi connectivity index (χ0v) is 16.1. The largest absolute Gasteiger partial charge is 0.508 e. The average molecular weight is 377 g/mol. The molecule has 1 aromatic carbocycles. The van der Waals surface area contributed by atoms with Gasteiger partial charge in [0, 0.05) is 29.4 Å². The van der Waals surface area contributed by atoms with E-state index < -0.39 is 5.63 Å². The molecule has 1 fully saturated rings. The number of hydrogen-bond acceptors (Lipinski definition) is 4. The highest BCUT2D eigenvalue weighted by molar-refractivity contribution is 5.95. The lowest BCUT2D eigenvalue weighted by atomic mass is 9.99. The minimum atomic E-state index is -0.447. The molecule has 1 aromatic heterocycles. The Bertz CT molecular complexity index is 1150. The molecule has 1 N–H and O–H groups in total. The van der Waals surface area contributed by atoms with Crippen molar-refractivity contribution in [3.8, 4) is 11.1 Å². The molecule has 0 saturated carbocycles. The molecule has 0 unspecified atom stereocenters. The van der Waals surface area contributed by atoms with Gasteiger partial charge in [0.2, 0.25) is 0 Å². The Morgan fingerprint density at radius 3 is 2.43 bits per heavy atom. The smallest absolute Gasteiger partial charge is 0.344 e. The predicted molar refractivity (Wildman–Crippen MR) is 108 cm³/mol. The topological polar surface area (TPSA) is 70.8 Å². The van der Waals surface area contributed by atoms with Crippen molar-refractivity contribution in [1.29, 1.82) is 0 Å². The summed E-state index contributed by atoms with van der Waals surface area (Å²) in [5.41, 5.74) is 3.18. The van der Waals surface area contributed by atoms with Crippen molar-refractivity contribution < 1.29 is 14.3 Å². The van der Waals surface area contributed by atoms with Crippen molar-refractivity contribution in [2.24, 2.45) is 0 Å². The summed E-state index contributed by atoms with van der Waals surface area (Å²) in [6, 6.07) is 7.15. The van der Waals surface area contributed by atoms with E-state index in [0.29, 0.717) is 28.5 Å². The zero-order valence-electron chi connectivity index (χ0n) is 16.1. The first-order valence-electron chi connectivity index (χ1n) is 9.61. The van der Waals surface area contributed by atoms with E-state index in [0.717, 1.165) is 42.3 Å². The number of nitrogens with zero attached hydrogens (tertiary/aromatic N) is 1. The summed E-state index contributed by atoms with van der Waals surface area (Å²) in [5, 5.41) is 10.9. The van der Waals surface area contributed by atoms with Gasteiger partial charge in [-0.2, -0.15) is 0 Å². The lowest BCUT2D eigenvalue weighted by Gasteiger charge is -2.15. The fourth-order valence-electron chi connectivity index (χ4n) is 3.96. The fourth-order valence-corrected chi connectivity index (χ4v) is 3.96. The van der Waals surface area contributed by atoms with Crippen molar-refractivity contribution in [2.75, 3.05) is 13.1 Å². The minimum absolute atomic E-state index is 0.0369. The first-order valence-corrected chi connectivity index (χ1v) is 9.61. The van der Waals surface area contributed by atoms with E-state index in [1.807, 2.05) is 17.9 Å². The molecule has 144 valence electrons. The van der Waals surface area contributed by atoms with Crippen LogP contribution in [0.3, 0.4) is 0 Å². The van der Waals surface area contributed by atoms with Crippen molar-refractivity contribution in [3.05, 3.63) is 68.3 Å². The van der Waals surface area contributed by atoms with Crippen molar-refractivity contribution >= 4 is 17.6 Å². The number of amides is 1. The summed E-state index contributed by atoms with van der Waals surface area (Å²) < 4.78 is 5.59. The van der Waals surface area contributed by atoms with Gasteiger partial charge in [-0.3, -0.25) is 4.79 Å². The van der Waals surface area contributed by atoms with Gasteiger partial charge in [-0.25, -0.2) is 4.79 Å². The molecule has 5 nitrogen and oxygen atoms in total. The predicted octanol–water partition coefficient (Wildman–Crippen LogP) is 2.65. The highest BCUT2D eigenvalue weighted by Crippen LogP contribution is 2.20. The highest BCUT2D eigenvalue weighted by atomic mass is 16.4. The molecule has 0 atom stereocenters. The summed E-state index contributed by atoms with van der Waals surface area (Å²) in [6.07, 6.45) is 6.32. The minimum Gasteiger partial charge on any atom is -0.508 e. The van der Waals surface area contributed by atoms with Gasteiger partial charge < -0.3 is 14.4 Å². The molecule has 0 bridgehead atoms. The molecular weight excluding hydrogens is 354 g/mol. The number of benzene rings is 1. The number of likely N-dealkylation sites (tertiary alicyclic amines) is 1. The Morgan fingerprint density at radius 2 is 1.75 bits per heavy atom. The van der Waals surface area contributed by atoms with Gasteiger partial charge in [-0.05, 0) is 62.4 Å². The second-order valence-corrected chi connectivity index (χ2v) is 7.36. The Balaban J connectivity index is 1.79. The highest BCUT2D eigenvalue weighted by Gasteiger charge is 2.20. The van der Waals surface area contributed by atoms with E-state index in [1.165, 1.54) is 0 Å². The van der Waals surface area contributed by atoms with Crippen LogP contribution in [0.2, 0.25) is 0 Å². The quantitative estimate of drug-likeness (QED) is 0.874. The third-order valence-electron chi connectivity index (χ3n) is 5.59. The molecule has 2 aliphatic rings. The summed E-state index contributed by atoms with van der Waals surface area (Å²) in [6.45, 7) is 5.24. The van der Waals surface area contributed by atoms with E-state index in [-0.39, 0.29) is 11.7 Å². The normalized spacial score (nSPS) is 16.3. The van der Waals surface area contributed by atoms with Crippen molar-refractivity contribution in [3.63, 3.8) is 0 Å². The van der Waals surface area contributed by atoms with Gasteiger partial charge in [-0.1, -0.05) is 18.2 Å². The molecule has 1 aliphatic carbocycles. The van der Waals surface area contributed by atoms with Gasteiger partial charge in [0.15, 0.2) is 0 Å². The third-order valence-corrected chi connectivity index (χ3v) is 5.59. The second-order valence-electron chi connectivity index (χ2n) is 7.36. The number of fused-ring (bicyclic) bond motifs is 1. The van der Waals surface area contributed by atoms with Gasteiger partial charge >= 0.3 is 5.63 Å². The Kier molecular flexibility index (Phi) is 4.67. The van der Waals surface area contributed by atoms with E-state index in [4.69, 9.17) is 4.42 Å². The summed E-state index contributed by atoms with van der Waals surface area (Å²) in [7, 11) is 0. The van der Waals surface area contributed by atoms with E-state index in [9.17, 15) is 14.7 Å². The van der Waals surface area contributed by atoms with Crippen LogP contribution in [0.1, 0.15) is 42.1 Å². The standard InChI is InChI=1S/C23H23NO4/c1-14-18-6-5-7-19(25)15(2)21(18)28-23(27)20(14)16-8-10-17(11-9-16)22(26)24-12-3-4-13-24/h6-11,25H,3-5,12-13H2,1-2H3. The summed E-state index contributed by atoms with van der Waals surface area (Å²) in [4.78, 5) is 27.1. The number of carbonyl (C=O) groups is 1. The Morgan fingerprint density at radius 1 is 1.07 bits per heavy atom. The molecule has 1 aliphatic heterocycles. The van der Waals surface area contributed by atoms with Crippen LogP contribution in [0.5, 0.6) is 0 Å². The number of hydrogen-bond donors (Lipinski definition) is 1. The number of carbonyl (C=O) groups excluding carboxylic acids is 1. The molecule has 0 spiro atoms. The molecule has 4 rings (SSSR count). The van der Waals surface area contributed by atoms with Crippen LogP contribution in [0.4, 0.5) is 0 Å². The molecule has 2 heterocycles. The third kappa shape index (κ3) is 3.07. The van der Waals surface area contributed by atoms with Gasteiger partial charge in [0.25, 0.3) is 5.91 Å². The Hall–Kier alpha value is -3.08. The number of rotatable bonds is 2. The lowest BCUT2D eigenvalue weighted by Crippen LogP contribution is -2.34. The number of aliphatic hydroxyl groups excluding tert-OH is 1. The second kappa shape index (κ2) is 7.15. The molecule has 1 amide bonds. The van der Waals surface area contributed by atoms with E-state index in [1.54, 1.807) is 37.3 Å². The maximum Gasteiger partial charge on any atom is 0.344 e. The van der Waals surface area contributed by atoms with Gasteiger partial charge in [-0.15, -0.1) is 0 Å². The van der Waals surface area contributed by atoms with E-state index >= 15 is 0 Å². The van der Waals surface area contributed by atoms with Crippen LogP contribution in [0, 0.1) is 6.92 Å². The maximum atomic E-state index is 12.7. The zero-order chi connectivity index (χ0) is 19.8. The van der Waals surface area contributed by atoms with Crippen LogP contribution in [0.15, 0.2) is 45.3 Å². The van der Waals surface area contributed by atoms with Crippen molar-refractivity contribution in [2.45, 2.75) is 33.1 Å². The van der Waals surface area contributed by atoms with Crippen LogP contribution in [0.25, 0.3) is 22.8 Å². The van der Waals surface area contributed by atoms with Gasteiger partial charge in [0.05, 0.1) is 5.56 Å². The molecule has 0 radical (unpaired) electrons. The molecule has 28 heavy (non-hydrogen) atoms. The van der Waals surface area contributed by atoms with Gasteiger partial charge in [0.1, 0.15) is 11.2 Å². The van der Waals surface area contributed by atoms with Crippen LogP contribution in [-0.4, -0.2) is 29.0 Å². The average Bonchev–Trinajstić information content (AvgIpc) is 3.19. The molecule has 2 aromatic rings. The molecule has 1 saturated heterocycles. The van der Waals surface area contributed by atoms with Crippen LogP contribution >= 0.6 is 0 Å². The summed E-state index contributed by atoms with van der Waals surface area (Å²) >= 11 is 0. The first-order chi connectivity index (χ1) is 13.5. The SMILES string of the molecule is CC1=c2oc(=O)c(-c3ccc(C(=O)N4CCCC4)cc3)c(C)c2=CCC=C1O. The molecular formula is C23H23NO4. The van der Waals surface area contributed by atoms with Crippen molar-refractivity contribution in [1.82, 2.24) is 4.90 Å². The van der Waals surface area contributed by atoms with E-state index in [2.05, 4.69) is 0 Å². The maximum absolute atomic E-state index is 12.7. The monoisotopic (exact) mass is 377 g/mol. The molecule has 5 heteroatoms. The van der Waals surface area contributed by atoms with Crippen LogP contribution < -0.4 is 16.3 Å². The first kappa shape index (κ1) is 18.3. The Labute approximate surface area is 162 Å².